The number of hydrogen-bond acceptors (Lipinski definition) is 4. The van der Waals surface area contributed by atoms with E-state index in [1.807, 2.05) is 0 Å². The summed E-state index contributed by atoms with van der Waals surface area (Å²) in [6.45, 7) is 3.92. The minimum absolute atomic E-state index is 0.763. The van der Waals surface area contributed by atoms with E-state index in [1.165, 1.54) is 0 Å². The van der Waals surface area contributed by atoms with E-state index in [-0.39, 0.29) is 0 Å². The van der Waals surface area contributed by atoms with Gasteiger partial charge in [0.25, 0.3) is 0 Å². The molecule has 0 aliphatic heterocycles. The maximum absolute atomic E-state index is 5.36. The van der Waals surface area contributed by atoms with Crippen molar-refractivity contribution in [1.82, 2.24) is 14.9 Å². The van der Waals surface area contributed by atoms with Crippen LogP contribution in [0.3, 0.4) is 0 Å². The fourth-order valence-corrected chi connectivity index (χ4v) is 1.81. The maximum Gasteiger partial charge on any atom is 0.129 e. The monoisotopic (exact) mass is 241 g/mol. The molecule has 3 nitrogen and oxygen atoms in total. The van der Waals surface area contributed by atoms with E-state index >= 15 is 0 Å². The van der Waals surface area contributed by atoms with E-state index < -0.39 is 0 Å². The predicted molar refractivity (Wildman–Crippen MR) is 69.4 cm³/mol. The molecular weight excluding hydrogens is 226 g/mol. The highest BCUT2D eigenvalue weighted by atomic mass is 32.1. The topological polar surface area (TPSA) is 29.0 Å². The first-order chi connectivity index (χ1) is 7.29. The van der Waals surface area contributed by atoms with Crippen molar-refractivity contribution in [1.29, 1.82) is 0 Å². The van der Waals surface area contributed by atoms with Gasteiger partial charge in [0, 0.05) is 31.2 Å². The summed E-state index contributed by atoms with van der Waals surface area (Å²) in [6.07, 6.45) is 6.07. The number of rotatable bonds is 5. The van der Waals surface area contributed by atoms with Gasteiger partial charge in [-0.15, -0.1) is 0 Å². The van der Waals surface area contributed by atoms with Gasteiger partial charge in [0.05, 0.1) is 6.20 Å². The van der Waals surface area contributed by atoms with Crippen LogP contribution < -0.4 is 0 Å². The standard InChI is InChI=1S/C10H15N3S2/c1-2-5-13(6-7-14)10(15)9-8-11-3-4-12-9/h3-4,8,14H,2,5-7H2,1H3. The molecule has 1 heterocycles. The molecule has 0 amide bonds. The third-order valence-corrected chi connectivity index (χ3v) is 2.60. The summed E-state index contributed by atoms with van der Waals surface area (Å²) < 4.78 is 0. The first kappa shape index (κ1) is 12.4. The van der Waals surface area contributed by atoms with Crippen molar-refractivity contribution in [3.05, 3.63) is 24.3 Å². The van der Waals surface area contributed by atoms with Crippen LogP contribution in [-0.4, -0.2) is 38.7 Å². The largest absolute Gasteiger partial charge is 0.360 e. The molecule has 15 heavy (non-hydrogen) atoms. The molecule has 1 rings (SSSR count). The fraction of sp³-hybridized carbons (Fsp3) is 0.500. The van der Waals surface area contributed by atoms with Gasteiger partial charge in [-0.2, -0.15) is 12.6 Å². The normalized spacial score (nSPS) is 10.0. The van der Waals surface area contributed by atoms with Gasteiger partial charge in [0.1, 0.15) is 10.7 Å². The zero-order valence-electron chi connectivity index (χ0n) is 8.76. The van der Waals surface area contributed by atoms with Crippen molar-refractivity contribution < 1.29 is 0 Å². The summed E-state index contributed by atoms with van der Waals surface area (Å²) in [5, 5.41) is 0. The quantitative estimate of drug-likeness (QED) is 0.628. The van der Waals surface area contributed by atoms with E-state index in [9.17, 15) is 0 Å². The van der Waals surface area contributed by atoms with E-state index in [1.54, 1.807) is 18.6 Å². The Hall–Kier alpha value is -0.680. The average Bonchev–Trinajstić information content (AvgIpc) is 2.29. The van der Waals surface area contributed by atoms with Gasteiger partial charge in [-0.1, -0.05) is 19.1 Å². The molecule has 0 aliphatic rings. The lowest BCUT2D eigenvalue weighted by Crippen LogP contribution is -2.33. The smallest absolute Gasteiger partial charge is 0.129 e. The van der Waals surface area contributed by atoms with E-state index in [0.717, 1.165) is 35.9 Å². The van der Waals surface area contributed by atoms with Crippen LogP contribution in [0.1, 0.15) is 19.0 Å². The van der Waals surface area contributed by atoms with E-state index in [0.29, 0.717) is 0 Å². The molecule has 0 aliphatic carbocycles. The Morgan fingerprint density at radius 3 is 2.80 bits per heavy atom. The van der Waals surface area contributed by atoms with Gasteiger partial charge >= 0.3 is 0 Å². The summed E-state index contributed by atoms with van der Waals surface area (Å²) in [4.78, 5) is 11.1. The van der Waals surface area contributed by atoms with E-state index in [2.05, 4.69) is 34.4 Å². The summed E-state index contributed by atoms with van der Waals surface area (Å²) in [7, 11) is 0. The summed E-state index contributed by atoms with van der Waals surface area (Å²) >= 11 is 9.58. The average molecular weight is 241 g/mol. The van der Waals surface area contributed by atoms with Crippen LogP contribution in [0.4, 0.5) is 0 Å². The second-order valence-electron chi connectivity index (χ2n) is 3.11. The van der Waals surface area contributed by atoms with Gasteiger partial charge in [-0.3, -0.25) is 9.97 Å². The lowest BCUT2D eigenvalue weighted by atomic mass is 10.3. The Bertz CT molecular complexity index is 297. The number of thiocarbonyl (C=S) groups is 1. The minimum Gasteiger partial charge on any atom is -0.360 e. The second-order valence-corrected chi connectivity index (χ2v) is 3.94. The van der Waals surface area contributed by atoms with Crippen molar-refractivity contribution >= 4 is 29.8 Å². The minimum atomic E-state index is 0.763. The Balaban J connectivity index is 2.71. The maximum atomic E-state index is 5.36. The molecule has 0 saturated heterocycles. The van der Waals surface area contributed by atoms with Crippen LogP contribution >= 0.6 is 24.8 Å². The predicted octanol–water partition coefficient (Wildman–Crippen LogP) is 1.79. The van der Waals surface area contributed by atoms with Gasteiger partial charge in [-0.05, 0) is 6.42 Å². The molecule has 82 valence electrons. The van der Waals surface area contributed by atoms with Crippen LogP contribution in [0.25, 0.3) is 0 Å². The molecule has 0 atom stereocenters. The van der Waals surface area contributed by atoms with Crippen molar-refractivity contribution in [2.75, 3.05) is 18.8 Å². The van der Waals surface area contributed by atoms with Crippen molar-refractivity contribution in [3.63, 3.8) is 0 Å². The number of nitrogens with zero attached hydrogens (tertiary/aromatic N) is 3. The molecule has 0 bridgehead atoms. The Morgan fingerprint density at radius 1 is 1.47 bits per heavy atom. The highest BCUT2D eigenvalue weighted by molar-refractivity contribution is 7.80. The summed E-state index contributed by atoms with van der Waals surface area (Å²) in [6, 6.07) is 0. The highest BCUT2D eigenvalue weighted by Gasteiger charge is 2.10. The zero-order valence-corrected chi connectivity index (χ0v) is 10.5. The third-order valence-electron chi connectivity index (χ3n) is 1.93. The third kappa shape index (κ3) is 3.76. The molecule has 1 aromatic heterocycles. The zero-order chi connectivity index (χ0) is 11.1. The molecule has 0 saturated carbocycles. The number of hydrogen-bond donors (Lipinski definition) is 1. The molecule has 0 unspecified atom stereocenters. The Morgan fingerprint density at radius 2 is 2.27 bits per heavy atom. The van der Waals surface area contributed by atoms with Crippen molar-refractivity contribution in [2.24, 2.45) is 0 Å². The molecule has 0 aromatic carbocycles. The first-order valence-electron chi connectivity index (χ1n) is 4.95. The van der Waals surface area contributed by atoms with Crippen LogP contribution in [0.5, 0.6) is 0 Å². The van der Waals surface area contributed by atoms with Gasteiger partial charge in [-0.25, -0.2) is 0 Å². The lowest BCUT2D eigenvalue weighted by molar-refractivity contribution is 0.450. The fourth-order valence-electron chi connectivity index (χ4n) is 1.28. The van der Waals surface area contributed by atoms with Gasteiger partial charge in [0.2, 0.25) is 0 Å². The molecular formula is C10H15N3S2. The Kier molecular flexibility index (Phi) is 5.57. The van der Waals surface area contributed by atoms with Crippen molar-refractivity contribution in [3.8, 4) is 0 Å². The van der Waals surface area contributed by atoms with Crippen LogP contribution in [0, 0.1) is 0 Å². The Labute approximate surface area is 101 Å². The molecule has 0 radical (unpaired) electrons. The van der Waals surface area contributed by atoms with Crippen LogP contribution in [0.15, 0.2) is 18.6 Å². The van der Waals surface area contributed by atoms with Crippen LogP contribution in [-0.2, 0) is 0 Å². The number of thiol groups is 1. The first-order valence-corrected chi connectivity index (χ1v) is 5.99. The second kappa shape index (κ2) is 6.74. The van der Waals surface area contributed by atoms with Gasteiger partial charge < -0.3 is 4.90 Å². The lowest BCUT2D eigenvalue weighted by Gasteiger charge is -2.23. The highest BCUT2D eigenvalue weighted by Crippen LogP contribution is 2.03. The SMILES string of the molecule is CCCN(CCS)C(=S)c1cnccn1. The summed E-state index contributed by atoms with van der Waals surface area (Å²) in [5.41, 5.74) is 0.766. The molecule has 0 fully saturated rings. The molecule has 5 heteroatoms. The molecule has 0 N–H and O–H groups in total. The summed E-state index contributed by atoms with van der Waals surface area (Å²) in [5.74, 6) is 0.792. The molecule has 1 aromatic rings. The van der Waals surface area contributed by atoms with Crippen molar-refractivity contribution in [2.45, 2.75) is 13.3 Å². The van der Waals surface area contributed by atoms with Crippen LogP contribution in [0.2, 0.25) is 0 Å². The van der Waals surface area contributed by atoms with E-state index in [4.69, 9.17) is 12.2 Å². The molecule has 0 spiro atoms. The van der Waals surface area contributed by atoms with Gasteiger partial charge in [0.15, 0.2) is 0 Å². The number of aromatic nitrogens is 2.